The van der Waals surface area contributed by atoms with Crippen LogP contribution in [0.5, 0.6) is 5.75 Å². The molecule has 0 fully saturated rings. The summed E-state index contributed by atoms with van der Waals surface area (Å²) in [6.45, 7) is 5.38. The molecule has 0 spiro atoms. The molecule has 1 aromatic rings. The van der Waals surface area contributed by atoms with Gasteiger partial charge in [-0.15, -0.1) is 0 Å². The minimum Gasteiger partial charge on any atom is -0.489 e. The number of nitrogens with two attached hydrogens (primary N) is 1. The van der Waals surface area contributed by atoms with E-state index in [1.807, 2.05) is 19.1 Å². The van der Waals surface area contributed by atoms with Crippen molar-refractivity contribution in [3.8, 4) is 5.75 Å². The van der Waals surface area contributed by atoms with Crippen LogP contribution in [0.15, 0.2) is 29.3 Å². The lowest BCUT2D eigenvalue weighted by molar-refractivity contribution is 0.230. The summed E-state index contributed by atoms with van der Waals surface area (Å²) < 4.78 is 5.68. The fraction of sp³-hybridized carbons (Fsp3) is 0.462. The number of hydrogen-bond acceptors (Lipinski definition) is 2. The van der Waals surface area contributed by atoms with Gasteiger partial charge in [-0.05, 0) is 37.6 Å². The first kappa shape index (κ1) is 14.6. The van der Waals surface area contributed by atoms with Crippen molar-refractivity contribution >= 4 is 17.6 Å². The SMILES string of the molecule is CCCNC(N)=NCC(C)Oc1ccc(Cl)cc1. The van der Waals surface area contributed by atoms with E-state index in [4.69, 9.17) is 22.1 Å². The topological polar surface area (TPSA) is 59.6 Å². The zero-order valence-corrected chi connectivity index (χ0v) is 11.6. The molecular formula is C13H20ClN3O. The lowest BCUT2D eigenvalue weighted by atomic mass is 10.3. The highest BCUT2D eigenvalue weighted by Crippen LogP contribution is 2.16. The van der Waals surface area contributed by atoms with Crippen molar-refractivity contribution in [3.05, 3.63) is 29.3 Å². The molecule has 0 radical (unpaired) electrons. The highest BCUT2D eigenvalue weighted by atomic mass is 35.5. The first-order valence-corrected chi connectivity index (χ1v) is 6.45. The second-order valence-corrected chi connectivity index (χ2v) is 4.47. The molecule has 0 aliphatic rings. The van der Waals surface area contributed by atoms with Gasteiger partial charge in [-0.3, -0.25) is 0 Å². The van der Waals surface area contributed by atoms with Crippen molar-refractivity contribution in [2.45, 2.75) is 26.4 Å². The fourth-order valence-electron chi connectivity index (χ4n) is 1.32. The smallest absolute Gasteiger partial charge is 0.188 e. The molecule has 0 amide bonds. The first-order chi connectivity index (χ1) is 8.61. The summed E-state index contributed by atoms with van der Waals surface area (Å²) in [5.41, 5.74) is 5.69. The van der Waals surface area contributed by atoms with Crippen LogP contribution in [0.2, 0.25) is 5.02 Å². The predicted molar refractivity (Wildman–Crippen MR) is 76.3 cm³/mol. The molecule has 0 aliphatic heterocycles. The lowest BCUT2D eigenvalue weighted by Gasteiger charge is -2.13. The van der Waals surface area contributed by atoms with Crippen LogP contribution in [0.1, 0.15) is 20.3 Å². The highest BCUT2D eigenvalue weighted by Gasteiger charge is 2.03. The molecule has 1 atom stereocenters. The Bertz CT molecular complexity index is 378. The van der Waals surface area contributed by atoms with Crippen LogP contribution in [-0.4, -0.2) is 25.2 Å². The molecule has 0 aromatic heterocycles. The number of nitrogens with one attached hydrogen (secondary N) is 1. The van der Waals surface area contributed by atoms with E-state index in [9.17, 15) is 0 Å². The van der Waals surface area contributed by atoms with E-state index in [0.29, 0.717) is 17.5 Å². The average Bonchev–Trinajstić information content (AvgIpc) is 2.36. The van der Waals surface area contributed by atoms with Gasteiger partial charge in [-0.25, -0.2) is 4.99 Å². The molecule has 0 aliphatic carbocycles. The summed E-state index contributed by atoms with van der Waals surface area (Å²) in [6, 6.07) is 7.26. The number of ether oxygens (including phenoxy) is 1. The Kier molecular flexibility index (Phi) is 6.36. The summed E-state index contributed by atoms with van der Waals surface area (Å²) in [7, 11) is 0. The lowest BCUT2D eigenvalue weighted by Crippen LogP contribution is -2.33. The third kappa shape index (κ3) is 5.77. The second-order valence-electron chi connectivity index (χ2n) is 4.04. The number of rotatable bonds is 6. The number of nitrogens with zero attached hydrogens (tertiary/aromatic N) is 1. The van der Waals surface area contributed by atoms with Crippen molar-refractivity contribution in [1.29, 1.82) is 0 Å². The molecule has 0 saturated heterocycles. The molecule has 3 N–H and O–H groups in total. The largest absolute Gasteiger partial charge is 0.489 e. The number of benzene rings is 1. The number of halogens is 1. The molecule has 4 nitrogen and oxygen atoms in total. The van der Waals surface area contributed by atoms with Crippen LogP contribution >= 0.6 is 11.6 Å². The Morgan fingerprint density at radius 3 is 2.72 bits per heavy atom. The zero-order chi connectivity index (χ0) is 13.4. The van der Waals surface area contributed by atoms with Gasteiger partial charge in [-0.2, -0.15) is 0 Å². The normalized spacial score (nSPS) is 13.2. The van der Waals surface area contributed by atoms with E-state index in [1.54, 1.807) is 12.1 Å². The van der Waals surface area contributed by atoms with Gasteiger partial charge >= 0.3 is 0 Å². The average molecular weight is 270 g/mol. The van der Waals surface area contributed by atoms with E-state index < -0.39 is 0 Å². The van der Waals surface area contributed by atoms with Gasteiger partial charge in [-0.1, -0.05) is 18.5 Å². The fourth-order valence-corrected chi connectivity index (χ4v) is 1.44. The molecule has 0 bridgehead atoms. The minimum atomic E-state index is -0.0341. The monoisotopic (exact) mass is 269 g/mol. The number of hydrogen-bond donors (Lipinski definition) is 2. The second kappa shape index (κ2) is 7.82. The zero-order valence-electron chi connectivity index (χ0n) is 10.8. The molecule has 1 unspecified atom stereocenters. The van der Waals surface area contributed by atoms with E-state index in [0.717, 1.165) is 18.7 Å². The minimum absolute atomic E-state index is 0.0341. The van der Waals surface area contributed by atoms with Crippen molar-refractivity contribution in [1.82, 2.24) is 5.32 Å². The van der Waals surface area contributed by atoms with Crippen molar-refractivity contribution in [2.24, 2.45) is 10.7 Å². The van der Waals surface area contributed by atoms with Crippen LogP contribution in [0, 0.1) is 0 Å². The molecule has 18 heavy (non-hydrogen) atoms. The van der Waals surface area contributed by atoms with Crippen molar-refractivity contribution in [2.75, 3.05) is 13.1 Å². The van der Waals surface area contributed by atoms with Crippen LogP contribution in [0.4, 0.5) is 0 Å². The number of aliphatic imine (C=N–C) groups is 1. The first-order valence-electron chi connectivity index (χ1n) is 6.07. The Labute approximate surface area is 113 Å². The Hall–Kier alpha value is -1.42. The maximum Gasteiger partial charge on any atom is 0.188 e. The van der Waals surface area contributed by atoms with Gasteiger partial charge in [0.25, 0.3) is 0 Å². The summed E-state index contributed by atoms with van der Waals surface area (Å²) in [5.74, 6) is 1.24. The Balaban J connectivity index is 2.37. The van der Waals surface area contributed by atoms with Gasteiger partial charge in [0.15, 0.2) is 5.96 Å². The Morgan fingerprint density at radius 2 is 2.11 bits per heavy atom. The maximum atomic E-state index is 5.80. The van der Waals surface area contributed by atoms with E-state index >= 15 is 0 Å². The molecule has 1 aromatic carbocycles. The quantitative estimate of drug-likeness (QED) is 0.616. The van der Waals surface area contributed by atoms with E-state index in [1.165, 1.54) is 0 Å². The molecule has 1 rings (SSSR count). The van der Waals surface area contributed by atoms with Crippen molar-refractivity contribution < 1.29 is 4.74 Å². The van der Waals surface area contributed by atoms with Gasteiger partial charge < -0.3 is 15.8 Å². The highest BCUT2D eigenvalue weighted by molar-refractivity contribution is 6.30. The molecule has 100 valence electrons. The van der Waals surface area contributed by atoms with E-state index in [2.05, 4.69) is 17.2 Å². The van der Waals surface area contributed by atoms with Crippen LogP contribution in [-0.2, 0) is 0 Å². The number of guanidine groups is 1. The van der Waals surface area contributed by atoms with Gasteiger partial charge in [0, 0.05) is 11.6 Å². The molecule has 5 heteroatoms. The molecule has 0 saturated carbocycles. The predicted octanol–water partition coefficient (Wildman–Crippen LogP) is 2.42. The van der Waals surface area contributed by atoms with Gasteiger partial charge in [0.1, 0.15) is 11.9 Å². The Morgan fingerprint density at radius 1 is 1.44 bits per heavy atom. The molecular weight excluding hydrogens is 250 g/mol. The van der Waals surface area contributed by atoms with Crippen LogP contribution in [0.3, 0.4) is 0 Å². The van der Waals surface area contributed by atoms with Crippen LogP contribution in [0.25, 0.3) is 0 Å². The summed E-state index contributed by atoms with van der Waals surface area (Å²) in [4.78, 5) is 4.21. The standard InChI is InChI=1S/C13H20ClN3O/c1-3-8-16-13(15)17-9-10(2)18-12-6-4-11(14)5-7-12/h4-7,10H,3,8-9H2,1-2H3,(H3,15,16,17). The van der Waals surface area contributed by atoms with Crippen molar-refractivity contribution in [3.63, 3.8) is 0 Å². The third-order valence-electron chi connectivity index (χ3n) is 2.23. The molecule has 0 heterocycles. The van der Waals surface area contributed by atoms with Crippen LogP contribution < -0.4 is 15.8 Å². The van der Waals surface area contributed by atoms with Gasteiger partial charge in [0.05, 0.1) is 6.54 Å². The van der Waals surface area contributed by atoms with E-state index in [-0.39, 0.29) is 6.10 Å². The summed E-state index contributed by atoms with van der Waals surface area (Å²) in [6.07, 6.45) is 0.987. The van der Waals surface area contributed by atoms with Gasteiger partial charge in [0.2, 0.25) is 0 Å². The third-order valence-corrected chi connectivity index (χ3v) is 2.48. The summed E-state index contributed by atoms with van der Waals surface area (Å²) >= 11 is 5.80. The summed E-state index contributed by atoms with van der Waals surface area (Å²) in [5, 5.41) is 3.71. The maximum absolute atomic E-state index is 5.80.